The van der Waals surface area contributed by atoms with Crippen molar-refractivity contribution in [2.75, 3.05) is 25.2 Å². The van der Waals surface area contributed by atoms with Crippen LogP contribution in [0.3, 0.4) is 0 Å². The zero-order valence-electron chi connectivity index (χ0n) is 11.9. The summed E-state index contributed by atoms with van der Waals surface area (Å²) in [4.78, 5) is 0. The second-order valence-corrected chi connectivity index (χ2v) is 7.45. The van der Waals surface area contributed by atoms with Gasteiger partial charge in [0, 0.05) is 19.8 Å². The van der Waals surface area contributed by atoms with Gasteiger partial charge in [-0.3, -0.25) is 0 Å². The van der Waals surface area contributed by atoms with Crippen molar-refractivity contribution in [1.29, 1.82) is 0 Å². The number of ether oxygens (including phenoxy) is 2. The maximum atomic E-state index is 6.44. The van der Waals surface area contributed by atoms with Crippen LogP contribution in [0.15, 0.2) is 0 Å². The molecular formula is C14H27NO2S. The molecule has 0 bridgehead atoms. The zero-order valence-corrected chi connectivity index (χ0v) is 12.7. The molecule has 0 saturated carbocycles. The van der Waals surface area contributed by atoms with Gasteiger partial charge in [0.25, 0.3) is 0 Å². The highest BCUT2D eigenvalue weighted by molar-refractivity contribution is 7.99. The van der Waals surface area contributed by atoms with Crippen LogP contribution in [0.2, 0.25) is 0 Å². The van der Waals surface area contributed by atoms with E-state index in [2.05, 4.69) is 13.8 Å². The van der Waals surface area contributed by atoms with Crippen LogP contribution >= 0.6 is 11.8 Å². The maximum Gasteiger partial charge on any atom is 0.0775 e. The Morgan fingerprint density at radius 1 is 1.39 bits per heavy atom. The second kappa shape index (κ2) is 5.70. The van der Waals surface area contributed by atoms with Gasteiger partial charge >= 0.3 is 0 Å². The monoisotopic (exact) mass is 273 g/mol. The van der Waals surface area contributed by atoms with Crippen LogP contribution in [0, 0.1) is 5.92 Å². The van der Waals surface area contributed by atoms with Gasteiger partial charge in [0.1, 0.15) is 0 Å². The van der Waals surface area contributed by atoms with Crippen molar-refractivity contribution in [1.82, 2.24) is 0 Å². The molecule has 2 unspecified atom stereocenters. The van der Waals surface area contributed by atoms with Gasteiger partial charge in [-0.1, -0.05) is 0 Å². The molecule has 106 valence electrons. The van der Waals surface area contributed by atoms with E-state index in [0.717, 1.165) is 19.4 Å². The molecule has 2 aliphatic heterocycles. The SMILES string of the molecule is COC(C)(C)C(N)C1CCOC2(CCSCC2)C1. The van der Waals surface area contributed by atoms with Crippen LogP contribution in [0.25, 0.3) is 0 Å². The molecule has 2 N–H and O–H groups in total. The molecule has 2 fully saturated rings. The molecule has 0 amide bonds. The van der Waals surface area contributed by atoms with Crippen molar-refractivity contribution in [2.45, 2.75) is 56.8 Å². The Morgan fingerprint density at radius 2 is 2.06 bits per heavy atom. The zero-order chi connectivity index (χ0) is 13.2. The summed E-state index contributed by atoms with van der Waals surface area (Å²) in [6, 6.07) is 0.0952. The molecule has 2 atom stereocenters. The van der Waals surface area contributed by atoms with E-state index >= 15 is 0 Å². The van der Waals surface area contributed by atoms with Crippen LogP contribution < -0.4 is 5.73 Å². The highest BCUT2D eigenvalue weighted by Crippen LogP contribution is 2.41. The molecule has 0 aliphatic carbocycles. The maximum absolute atomic E-state index is 6.44. The quantitative estimate of drug-likeness (QED) is 0.858. The minimum atomic E-state index is -0.243. The summed E-state index contributed by atoms with van der Waals surface area (Å²) < 4.78 is 11.7. The molecule has 0 radical (unpaired) electrons. The lowest BCUT2D eigenvalue weighted by molar-refractivity contribution is -0.120. The summed E-state index contributed by atoms with van der Waals surface area (Å²) in [7, 11) is 1.76. The van der Waals surface area contributed by atoms with Crippen molar-refractivity contribution in [3.8, 4) is 0 Å². The van der Waals surface area contributed by atoms with E-state index in [-0.39, 0.29) is 17.2 Å². The Bertz CT molecular complexity index is 271. The van der Waals surface area contributed by atoms with E-state index in [0.29, 0.717) is 5.92 Å². The largest absolute Gasteiger partial charge is 0.377 e. The van der Waals surface area contributed by atoms with E-state index < -0.39 is 0 Å². The molecule has 2 aliphatic rings. The van der Waals surface area contributed by atoms with E-state index in [1.165, 1.54) is 24.3 Å². The lowest BCUT2D eigenvalue weighted by Crippen LogP contribution is -2.54. The van der Waals surface area contributed by atoms with Gasteiger partial charge in [0.05, 0.1) is 11.2 Å². The molecule has 2 rings (SSSR count). The Labute approximate surface area is 115 Å². The van der Waals surface area contributed by atoms with Crippen LogP contribution in [0.1, 0.15) is 39.5 Å². The van der Waals surface area contributed by atoms with Crippen molar-refractivity contribution in [2.24, 2.45) is 11.7 Å². The standard InChI is InChI=1S/C14H27NO2S/c1-13(2,16-3)12(15)11-4-7-17-14(10-11)5-8-18-9-6-14/h11-12H,4-10,15H2,1-3H3. The van der Waals surface area contributed by atoms with Crippen LogP contribution in [-0.4, -0.2) is 42.5 Å². The molecular weight excluding hydrogens is 246 g/mol. The van der Waals surface area contributed by atoms with Gasteiger partial charge in [-0.05, 0) is 57.0 Å². The summed E-state index contributed by atoms with van der Waals surface area (Å²) in [6.07, 6.45) is 4.56. The average molecular weight is 273 g/mol. The first kappa shape index (κ1) is 14.6. The van der Waals surface area contributed by atoms with Gasteiger partial charge in [0.2, 0.25) is 0 Å². The first-order valence-corrected chi connectivity index (χ1v) is 8.17. The van der Waals surface area contributed by atoms with E-state index in [4.69, 9.17) is 15.2 Å². The molecule has 3 nitrogen and oxygen atoms in total. The Hall–Kier alpha value is 0.230. The summed E-state index contributed by atoms with van der Waals surface area (Å²) in [5.74, 6) is 2.99. The molecule has 2 heterocycles. The number of hydrogen-bond donors (Lipinski definition) is 1. The molecule has 2 saturated heterocycles. The first-order valence-electron chi connectivity index (χ1n) is 7.02. The van der Waals surface area contributed by atoms with E-state index in [9.17, 15) is 0 Å². The fourth-order valence-electron chi connectivity index (χ4n) is 3.17. The third-order valence-electron chi connectivity index (χ3n) is 4.77. The number of nitrogens with two attached hydrogens (primary N) is 1. The molecule has 1 spiro atoms. The number of methoxy groups -OCH3 is 1. The van der Waals surface area contributed by atoms with Crippen molar-refractivity contribution in [3.63, 3.8) is 0 Å². The first-order chi connectivity index (χ1) is 8.49. The minimum absolute atomic E-state index is 0.0952. The van der Waals surface area contributed by atoms with Crippen molar-refractivity contribution in [3.05, 3.63) is 0 Å². The number of hydrogen-bond acceptors (Lipinski definition) is 4. The van der Waals surface area contributed by atoms with Crippen LogP contribution in [-0.2, 0) is 9.47 Å². The average Bonchev–Trinajstić information content (AvgIpc) is 2.39. The van der Waals surface area contributed by atoms with E-state index in [1.54, 1.807) is 7.11 Å². The van der Waals surface area contributed by atoms with Crippen molar-refractivity contribution < 1.29 is 9.47 Å². The molecule has 4 heteroatoms. The van der Waals surface area contributed by atoms with Crippen molar-refractivity contribution >= 4 is 11.8 Å². The van der Waals surface area contributed by atoms with Gasteiger partial charge < -0.3 is 15.2 Å². The second-order valence-electron chi connectivity index (χ2n) is 6.23. The lowest BCUT2D eigenvalue weighted by Gasteiger charge is -2.47. The Kier molecular flexibility index (Phi) is 4.63. The topological polar surface area (TPSA) is 44.5 Å². The summed E-state index contributed by atoms with van der Waals surface area (Å²) in [6.45, 7) is 5.05. The third-order valence-corrected chi connectivity index (χ3v) is 5.76. The highest BCUT2D eigenvalue weighted by atomic mass is 32.2. The van der Waals surface area contributed by atoms with Gasteiger partial charge in [-0.25, -0.2) is 0 Å². The smallest absolute Gasteiger partial charge is 0.0775 e. The Morgan fingerprint density at radius 3 is 2.67 bits per heavy atom. The number of rotatable bonds is 3. The summed E-state index contributed by atoms with van der Waals surface area (Å²) in [5.41, 5.74) is 6.32. The van der Waals surface area contributed by atoms with Gasteiger partial charge in [-0.2, -0.15) is 11.8 Å². The molecule has 18 heavy (non-hydrogen) atoms. The summed E-state index contributed by atoms with van der Waals surface area (Å²) in [5, 5.41) is 0. The van der Waals surface area contributed by atoms with Crippen LogP contribution in [0.5, 0.6) is 0 Å². The fraction of sp³-hybridized carbons (Fsp3) is 1.00. The minimum Gasteiger partial charge on any atom is -0.377 e. The highest BCUT2D eigenvalue weighted by Gasteiger charge is 2.43. The van der Waals surface area contributed by atoms with Gasteiger partial charge in [-0.15, -0.1) is 0 Å². The van der Waals surface area contributed by atoms with E-state index in [1.807, 2.05) is 11.8 Å². The molecule has 0 aromatic heterocycles. The normalized spacial score (nSPS) is 30.3. The third kappa shape index (κ3) is 3.03. The fourth-order valence-corrected chi connectivity index (χ4v) is 4.40. The lowest BCUT2D eigenvalue weighted by atomic mass is 9.75. The molecule has 0 aromatic rings. The van der Waals surface area contributed by atoms with Crippen LogP contribution in [0.4, 0.5) is 0 Å². The number of thioether (sulfide) groups is 1. The predicted octanol–water partition coefficient (Wildman–Crippen LogP) is 2.43. The molecule has 0 aromatic carbocycles. The summed E-state index contributed by atoms with van der Waals surface area (Å²) >= 11 is 2.05. The Balaban J connectivity index is 2.02. The predicted molar refractivity (Wildman–Crippen MR) is 77.0 cm³/mol. The van der Waals surface area contributed by atoms with Gasteiger partial charge in [0.15, 0.2) is 0 Å².